The summed E-state index contributed by atoms with van der Waals surface area (Å²) in [6.07, 6.45) is 4.10. The first-order valence-corrected chi connectivity index (χ1v) is 19.2. The first-order chi connectivity index (χ1) is 27.7. The van der Waals surface area contributed by atoms with Crippen LogP contribution in [0.25, 0.3) is 81.8 Å². The zero-order valence-electron chi connectivity index (χ0n) is 30.8. The van der Waals surface area contributed by atoms with E-state index in [1.165, 1.54) is 59.6 Å². The third kappa shape index (κ3) is 6.03. The van der Waals surface area contributed by atoms with Crippen molar-refractivity contribution in [3.63, 3.8) is 0 Å². The van der Waals surface area contributed by atoms with Crippen LogP contribution in [0.5, 0.6) is 0 Å². The normalized spacial score (nSPS) is 12.7. The Morgan fingerprint density at radius 1 is 0.429 bits per heavy atom. The number of hydrogen-bond acceptors (Lipinski definition) is 2. The quantitative estimate of drug-likeness (QED) is 0.0996. The summed E-state index contributed by atoms with van der Waals surface area (Å²) in [5.74, 6) is 0. The van der Waals surface area contributed by atoms with Gasteiger partial charge in [-0.05, 0) is 105 Å². The second-order valence-corrected chi connectivity index (χ2v) is 14.5. The standard InChI is InChI=1S/C54H38N2/c55-52(48-25-13-10-19-42(48)37-14-2-1-3-15-37)34-53(51-33-40-17-5-8-21-44(40)46-23-11-12-24-47(46)51)56-35-36-26-28-39(29-27-36)54-45-22-9-6-18-41(45)32-50-43-20-7-4-16-38(43)30-31-49(50)54/h1-35,52H,55H2/b53-34-,56-35+. The second kappa shape index (κ2) is 14.3. The van der Waals surface area contributed by atoms with Crippen molar-refractivity contribution in [2.45, 2.75) is 6.04 Å². The van der Waals surface area contributed by atoms with E-state index in [9.17, 15) is 0 Å². The van der Waals surface area contributed by atoms with E-state index in [-0.39, 0.29) is 0 Å². The Morgan fingerprint density at radius 3 is 1.79 bits per heavy atom. The molecule has 10 aromatic rings. The topological polar surface area (TPSA) is 38.4 Å². The maximum Gasteiger partial charge on any atom is 0.0687 e. The van der Waals surface area contributed by atoms with Gasteiger partial charge in [0.1, 0.15) is 0 Å². The molecule has 0 amide bonds. The van der Waals surface area contributed by atoms with Crippen molar-refractivity contribution in [2.75, 3.05) is 0 Å². The number of aliphatic imine (C=N–C) groups is 1. The predicted molar refractivity (Wildman–Crippen MR) is 240 cm³/mol. The molecule has 56 heavy (non-hydrogen) atoms. The van der Waals surface area contributed by atoms with Crippen molar-refractivity contribution >= 4 is 65.8 Å². The summed E-state index contributed by atoms with van der Waals surface area (Å²) in [5, 5.41) is 12.2. The Morgan fingerprint density at radius 2 is 1.02 bits per heavy atom. The molecule has 1 atom stereocenters. The molecule has 0 radical (unpaired) electrons. The van der Waals surface area contributed by atoms with E-state index in [2.05, 4.69) is 200 Å². The minimum Gasteiger partial charge on any atom is -0.321 e. The molecule has 10 aromatic carbocycles. The highest BCUT2D eigenvalue weighted by Gasteiger charge is 2.16. The van der Waals surface area contributed by atoms with Gasteiger partial charge < -0.3 is 5.73 Å². The van der Waals surface area contributed by atoms with Gasteiger partial charge in [-0.2, -0.15) is 0 Å². The van der Waals surface area contributed by atoms with Gasteiger partial charge in [0.25, 0.3) is 0 Å². The largest absolute Gasteiger partial charge is 0.321 e. The minimum absolute atomic E-state index is 0.401. The fourth-order valence-electron chi connectivity index (χ4n) is 8.41. The van der Waals surface area contributed by atoms with Crippen LogP contribution in [-0.2, 0) is 0 Å². The molecular weight excluding hydrogens is 677 g/mol. The number of nitrogens with zero attached hydrogens (tertiary/aromatic N) is 1. The highest BCUT2D eigenvalue weighted by molar-refractivity contribution is 6.20. The van der Waals surface area contributed by atoms with Crippen LogP contribution < -0.4 is 5.73 Å². The highest BCUT2D eigenvalue weighted by atomic mass is 14.7. The van der Waals surface area contributed by atoms with Crippen molar-refractivity contribution < 1.29 is 0 Å². The van der Waals surface area contributed by atoms with Crippen molar-refractivity contribution in [1.82, 2.24) is 0 Å². The maximum absolute atomic E-state index is 7.16. The van der Waals surface area contributed by atoms with Crippen LogP contribution in [-0.4, -0.2) is 6.21 Å². The number of rotatable bonds is 7. The van der Waals surface area contributed by atoms with Crippen molar-refractivity contribution in [1.29, 1.82) is 0 Å². The number of hydrogen-bond donors (Lipinski definition) is 1. The van der Waals surface area contributed by atoms with Crippen molar-refractivity contribution in [3.8, 4) is 22.3 Å². The molecule has 10 rings (SSSR count). The molecule has 264 valence electrons. The molecule has 0 aliphatic heterocycles. The first-order valence-electron chi connectivity index (χ1n) is 19.2. The molecule has 0 aliphatic rings. The second-order valence-electron chi connectivity index (χ2n) is 14.5. The molecule has 2 nitrogen and oxygen atoms in total. The van der Waals surface area contributed by atoms with Gasteiger partial charge >= 0.3 is 0 Å². The summed E-state index contributed by atoms with van der Waals surface area (Å²) in [4.78, 5) is 5.28. The Labute approximate surface area is 326 Å². The molecule has 0 spiro atoms. The lowest BCUT2D eigenvalue weighted by Gasteiger charge is -2.16. The van der Waals surface area contributed by atoms with Crippen molar-refractivity contribution in [2.24, 2.45) is 10.7 Å². The molecule has 0 saturated carbocycles. The Kier molecular flexibility index (Phi) is 8.52. The SMILES string of the molecule is NC(/C=C(\N=C\c1ccc(-c2c3ccccc3cc3c2ccc2ccccc23)cc1)c1cc2ccccc2c2ccccc12)c1ccccc1-c1ccccc1. The molecular formula is C54H38N2. The van der Waals surface area contributed by atoms with Crippen LogP contribution in [0, 0.1) is 0 Å². The van der Waals surface area contributed by atoms with Crippen LogP contribution in [0.4, 0.5) is 0 Å². The fourth-order valence-corrected chi connectivity index (χ4v) is 8.41. The van der Waals surface area contributed by atoms with Gasteiger partial charge in [-0.15, -0.1) is 0 Å². The smallest absolute Gasteiger partial charge is 0.0687 e. The Bertz CT molecular complexity index is 3140. The average molecular weight is 715 g/mol. The molecule has 2 N–H and O–H groups in total. The van der Waals surface area contributed by atoms with Crippen LogP contribution in [0.3, 0.4) is 0 Å². The van der Waals surface area contributed by atoms with Gasteiger partial charge in [0.15, 0.2) is 0 Å². The van der Waals surface area contributed by atoms with E-state index >= 15 is 0 Å². The number of fused-ring (bicyclic) bond motifs is 7. The van der Waals surface area contributed by atoms with E-state index in [1.54, 1.807) is 0 Å². The van der Waals surface area contributed by atoms with Gasteiger partial charge in [-0.3, -0.25) is 4.99 Å². The van der Waals surface area contributed by atoms with E-state index < -0.39 is 6.04 Å². The molecule has 0 aromatic heterocycles. The molecule has 2 heteroatoms. The maximum atomic E-state index is 7.16. The van der Waals surface area contributed by atoms with Gasteiger partial charge in [0, 0.05) is 11.8 Å². The summed E-state index contributed by atoms with van der Waals surface area (Å²) in [7, 11) is 0. The summed E-state index contributed by atoms with van der Waals surface area (Å²) in [6.45, 7) is 0. The molecule has 0 saturated heterocycles. The summed E-state index contributed by atoms with van der Waals surface area (Å²) in [5.41, 5.74) is 15.8. The van der Waals surface area contributed by atoms with E-state index in [4.69, 9.17) is 10.7 Å². The fraction of sp³-hybridized carbons (Fsp3) is 0.0185. The highest BCUT2D eigenvalue weighted by Crippen LogP contribution is 2.40. The molecule has 0 bridgehead atoms. The third-order valence-corrected chi connectivity index (χ3v) is 11.1. The number of nitrogens with two attached hydrogens (primary N) is 1. The van der Waals surface area contributed by atoms with Gasteiger partial charge in [0.2, 0.25) is 0 Å². The summed E-state index contributed by atoms with van der Waals surface area (Å²) >= 11 is 0. The van der Waals surface area contributed by atoms with E-state index in [0.717, 1.165) is 38.9 Å². The number of benzene rings is 10. The van der Waals surface area contributed by atoms with Crippen LogP contribution in [0.1, 0.15) is 22.7 Å². The average Bonchev–Trinajstić information content (AvgIpc) is 3.27. The van der Waals surface area contributed by atoms with E-state index in [0.29, 0.717) is 0 Å². The zero-order chi connectivity index (χ0) is 37.4. The Hall–Kier alpha value is -7.13. The predicted octanol–water partition coefficient (Wildman–Crippen LogP) is 13.9. The molecule has 1 unspecified atom stereocenters. The third-order valence-electron chi connectivity index (χ3n) is 11.1. The van der Waals surface area contributed by atoms with E-state index in [1.807, 2.05) is 12.3 Å². The van der Waals surface area contributed by atoms with Crippen LogP contribution in [0.15, 0.2) is 211 Å². The molecule has 0 aliphatic carbocycles. The zero-order valence-corrected chi connectivity index (χ0v) is 30.8. The van der Waals surface area contributed by atoms with Crippen LogP contribution >= 0.6 is 0 Å². The lowest BCUT2D eigenvalue weighted by Crippen LogP contribution is -2.09. The van der Waals surface area contributed by atoms with Crippen molar-refractivity contribution in [3.05, 3.63) is 223 Å². The summed E-state index contributed by atoms with van der Waals surface area (Å²) in [6, 6.07) is 70.9. The van der Waals surface area contributed by atoms with Gasteiger partial charge in [0.05, 0.1) is 11.7 Å². The van der Waals surface area contributed by atoms with Gasteiger partial charge in [-0.25, -0.2) is 0 Å². The first kappa shape index (κ1) is 33.4. The Balaban J connectivity index is 1.10. The molecule has 0 fully saturated rings. The monoisotopic (exact) mass is 714 g/mol. The molecule has 0 heterocycles. The van der Waals surface area contributed by atoms with Gasteiger partial charge in [-0.1, -0.05) is 188 Å². The summed E-state index contributed by atoms with van der Waals surface area (Å²) < 4.78 is 0. The minimum atomic E-state index is -0.401. The lowest BCUT2D eigenvalue weighted by atomic mass is 9.89. The van der Waals surface area contributed by atoms with Crippen LogP contribution in [0.2, 0.25) is 0 Å². The lowest BCUT2D eigenvalue weighted by molar-refractivity contribution is 0.914.